The molecule has 0 spiro atoms. The molecule has 0 saturated heterocycles. The van der Waals surface area contributed by atoms with E-state index >= 15 is 0 Å². The summed E-state index contributed by atoms with van der Waals surface area (Å²) < 4.78 is 0. The Kier molecular flexibility index (Phi) is 11.0. The van der Waals surface area contributed by atoms with Gasteiger partial charge in [-0.1, -0.05) is 86.3 Å². The molecule has 2 rings (SSSR count). The summed E-state index contributed by atoms with van der Waals surface area (Å²) >= 11 is 0. The number of nitrogens with two attached hydrogens (primary N) is 2. The predicted octanol–water partition coefficient (Wildman–Crippen LogP) is 4.25. The van der Waals surface area contributed by atoms with Crippen LogP contribution < -0.4 is 22.3 Å². The first-order valence-corrected chi connectivity index (χ1v) is 10.9. The smallest absolute Gasteiger partial charge is 0.332 e. The fourth-order valence-corrected chi connectivity index (χ4v) is 3.33. The molecule has 2 aromatic carbocycles. The van der Waals surface area contributed by atoms with Crippen LogP contribution in [0.5, 0.6) is 0 Å². The maximum atomic E-state index is 11.0. The number of amides is 4. The van der Waals surface area contributed by atoms with Crippen LogP contribution in [0.3, 0.4) is 0 Å². The summed E-state index contributed by atoms with van der Waals surface area (Å²) in [7, 11) is 0. The SMILES string of the molecule is NC(=O)N/N=C(/CCCCCCCC/C(=N\NC(N)=O)c1ccccc1)c1ccccc1. The van der Waals surface area contributed by atoms with Crippen LogP contribution in [0.4, 0.5) is 9.59 Å². The summed E-state index contributed by atoms with van der Waals surface area (Å²) in [6.45, 7) is 0. The number of carbonyl (C=O) groups excluding carboxylic acids is 2. The number of urea groups is 2. The highest BCUT2D eigenvalue weighted by Gasteiger charge is 2.06. The lowest BCUT2D eigenvalue weighted by Gasteiger charge is -2.08. The number of benzene rings is 2. The van der Waals surface area contributed by atoms with Gasteiger partial charge in [0.25, 0.3) is 0 Å². The van der Waals surface area contributed by atoms with Crippen molar-refractivity contribution in [1.82, 2.24) is 10.9 Å². The van der Waals surface area contributed by atoms with E-state index in [1.807, 2.05) is 60.7 Å². The van der Waals surface area contributed by atoms with Crippen molar-refractivity contribution < 1.29 is 9.59 Å². The van der Waals surface area contributed by atoms with E-state index in [9.17, 15) is 9.59 Å². The van der Waals surface area contributed by atoms with Gasteiger partial charge in [0, 0.05) is 0 Å². The molecule has 0 atom stereocenters. The standard InChI is InChI=1S/C24H32N6O2/c25-23(31)29-27-21(19-13-7-5-8-14-19)17-11-3-1-2-4-12-18-22(28-30-24(26)32)20-15-9-6-10-16-20/h5-10,13-16H,1-4,11-12,17-18H2,(H3,25,29,31)(H3,26,30,32)/b27-21-,28-22+. The second kappa shape index (κ2) is 14.3. The van der Waals surface area contributed by atoms with Crippen LogP contribution >= 0.6 is 0 Å². The molecule has 0 unspecified atom stereocenters. The summed E-state index contributed by atoms with van der Waals surface area (Å²) in [6, 6.07) is 18.2. The number of unbranched alkanes of at least 4 members (excludes halogenated alkanes) is 5. The third kappa shape index (κ3) is 9.88. The zero-order chi connectivity index (χ0) is 23.0. The zero-order valence-corrected chi connectivity index (χ0v) is 18.3. The lowest BCUT2D eigenvalue weighted by Crippen LogP contribution is -2.26. The fourth-order valence-electron chi connectivity index (χ4n) is 3.33. The molecule has 2 aromatic rings. The van der Waals surface area contributed by atoms with Crippen LogP contribution in [-0.4, -0.2) is 23.5 Å². The molecule has 6 N–H and O–H groups in total. The number of hydrogen-bond donors (Lipinski definition) is 4. The Morgan fingerprint density at radius 1 is 0.594 bits per heavy atom. The van der Waals surface area contributed by atoms with E-state index in [2.05, 4.69) is 21.1 Å². The van der Waals surface area contributed by atoms with Gasteiger partial charge in [0.05, 0.1) is 11.4 Å². The molecule has 0 aliphatic heterocycles. The maximum absolute atomic E-state index is 11.0. The molecule has 0 heterocycles. The molecule has 0 aromatic heterocycles. The van der Waals surface area contributed by atoms with Crippen molar-refractivity contribution in [1.29, 1.82) is 0 Å². The molecule has 8 heteroatoms. The largest absolute Gasteiger partial charge is 0.350 e. The van der Waals surface area contributed by atoms with Crippen molar-refractivity contribution in [2.75, 3.05) is 0 Å². The first kappa shape index (κ1) is 24.6. The Balaban J connectivity index is 1.71. The number of nitrogens with one attached hydrogen (secondary N) is 2. The number of rotatable bonds is 13. The van der Waals surface area contributed by atoms with E-state index in [1.165, 1.54) is 0 Å². The van der Waals surface area contributed by atoms with Gasteiger partial charge in [-0.15, -0.1) is 0 Å². The summed E-state index contributed by atoms with van der Waals surface area (Å²) in [5, 5.41) is 8.32. The summed E-state index contributed by atoms with van der Waals surface area (Å²) in [5.74, 6) is 0. The van der Waals surface area contributed by atoms with Crippen LogP contribution in [0.15, 0.2) is 70.9 Å². The van der Waals surface area contributed by atoms with Crippen molar-refractivity contribution in [3.8, 4) is 0 Å². The quantitative estimate of drug-likeness (QED) is 0.212. The maximum Gasteiger partial charge on any atom is 0.332 e. The first-order chi connectivity index (χ1) is 15.6. The van der Waals surface area contributed by atoms with Crippen molar-refractivity contribution in [3.63, 3.8) is 0 Å². The lowest BCUT2D eigenvalue weighted by atomic mass is 10.0. The fraction of sp³-hybridized carbons (Fsp3) is 0.333. The number of hydrazone groups is 2. The first-order valence-electron chi connectivity index (χ1n) is 10.9. The van der Waals surface area contributed by atoms with Crippen LogP contribution in [-0.2, 0) is 0 Å². The highest BCUT2D eigenvalue weighted by molar-refractivity contribution is 6.01. The van der Waals surface area contributed by atoms with Crippen molar-refractivity contribution in [2.24, 2.45) is 21.7 Å². The molecule has 170 valence electrons. The minimum Gasteiger partial charge on any atom is -0.350 e. The van der Waals surface area contributed by atoms with Crippen molar-refractivity contribution >= 4 is 23.5 Å². The van der Waals surface area contributed by atoms with E-state index in [4.69, 9.17) is 11.5 Å². The summed E-state index contributed by atoms with van der Waals surface area (Å²) in [5.41, 5.74) is 18.6. The molecule has 8 nitrogen and oxygen atoms in total. The Morgan fingerprint density at radius 2 is 0.938 bits per heavy atom. The van der Waals surface area contributed by atoms with Crippen molar-refractivity contribution in [2.45, 2.75) is 51.4 Å². The van der Waals surface area contributed by atoms with Gasteiger partial charge in [0.1, 0.15) is 0 Å². The third-order valence-electron chi connectivity index (χ3n) is 4.89. The van der Waals surface area contributed by atoms with E-state index < -0.39 is 12.1 Å². The molecule has 0 saturated carbocycles. The number of primary amides is 2. The Bertz CT molecular complexity index is 822. The highest BCUT2D eigenvalue weighted by atomic mass is 16.2. The van der Waals surface area contributed by atoms with Gasteiger partial charge in [0.15, 0.2) is 0 Å². The van der Waals surface area contributed by atoms with Gasteiger partial charge in [-0.05, 0) is 36.8 Å². The van der Waals surface area contributed by atoms with Gasteiger partial charge in [-0.25, -0.2) is 20.4 Å². The van der Waals surface area contributed by atoms with E-state index in [1.54, 1.807) is 0 Å². The second-order valence-corrected chi connectivity index (χ2v) is 7.42. The van der Waals surface area contributed by atoms with Gasteiger partial charge < -0.3 is 11.5 Å². The second-order valence-electron chi connectivity index (χ2n) is 7.42. The third-order valence-corrected chi connectivity index (χ3v) is 4.89. The highest BCUT2D eigenvalue weighted by Crippen LogP contribution is 2.14. The Hall–Kier alpha value is -3.68. The van der Waals surface area contributed by atoms with Gasteiger partial charge in [0.2, 0.25) is 0 Å². The number of carbonyl (C=O) groups is 2. The van der Waals surface area contributed by atoms with Gasteiger partial charge >= 0.3 is 12.1 Å². The lowest BCUT2D eigenvalue weighted by molar-refractivity contribution is 0.248. The van der Waals surface area contributed by atoms with E-state index in [0.29, 0.717) is 0 Å². The summed E-state index contributed by atoms with van der Waals surface area (Å²) in [6.07, 6.45) is 7.88. The number of nitrogens with zero attached hydrogens (tertiary/aromatic N) is 2. The molecule has 0 bridgehead atoms. The van der Waals surface area contributed by atoms with Gasteiger partial charge in [-0.2, -0.15) is 10.2 Å². The normalized spacial score (nSPS) is 11.8. The van der Waals surface area contributed by atoms with Crippen LogP contribution in [0.1, 0.15) is 62.5 Å². The van der Waals surface area contributed by atoms with Crippen LogP contribution in [0, 0.1) is 0 Å². The molecule has 4 amide bonds. The number of hydrogen-bond acceptors (Lipinski definition) is 4. The molecule has 0 aliphatic carbocycles. The zero-order valence-electron chi connectivity index (χ0n) is 18.3. The predicted molar refractivity (Wildman–Crippen MR) is 128 cm³/mol. The average Bonchev–Trinajstić information content (AvgIpc) is 2.80. The van der Waals surface area contributed by atoms with Crippen LogP contribution in [0.2, 0.25) is 0 Å². The van der Waals surface area contributed by atoms with Gasteiger partial charge in [-0.3, -0.25) is 0 Å². The topological polar surface area (TPSA) is 135 Å². The average molecular weight is 437 g/mol. The molecule has 32 heavy (non-hydrogen) atoms. The molecule has 0 radical (unpaired) electrons. The van der Waals surface area contributed by atoms with Crippen molar-refractivity contribution in [3.05, 3.63) is 71.8 Å². The molecule has 0 fully saturated rings. The summed E-state index contributed by atoms with van der Waals surface area (Å²) in [4.78, 5) is 22.0. The molecule has 0 aliphatic rings. The Morgan fingerprint density at radius 3 is 1.28 bits per heavy atom. The molecular formula is C24H32N6O2. The van der Waals surface area contributed by atoms with E-state index in [-0.39, 0.29) is 0 Å². The minimum absolute atomic E-state index is 0.664. The Labute approximate surface area is 189 Å². The minimum atomic E-state index is -0.664. The molecular weight excluding hydrogens is 404 g/mol. The van der Waals surface area contributed by atoms with Crippen LogP contribution in [0.25, 0.3) is 0 Å². The monoisotopic (exact) mass is 436 g/mol. The van der Waals surface area contributed by atoms with E-state index in [0.717, 1.165) is 73.9 Å².